The summed E-state index contributed by atoms with van der Waals surface area (Å²) in [6.07, 6.45) is -0.0262. The summed E-state index contributed by atoms with van der Waals surface area (Å²) in [5, 5.41) is 13.5. The van der Waals surface area contributed by atoms with Gasteiger partial charge in [-0.05, 0) is 5.56 Å². The Bertz CT molecular complexity index is 988. The number of nitro groups is 1. The molecule has 1 aliphatic heterocycles. The molecule has 0 fully saturated rings. The van der Waals surface area contributed by atoms with Crippen LogP contribution >= 0.6 is 0 Å². The van der Waals surface area contributed by atoms with E-state index in [9.17, 15) is 24.5 Å². The fourth-order valence-electron chi connectivity index (χ4n) is 2.95. The van der Waals surface area contributed by atoms with Crippen LogP contribution < -0.4 is 16.6 Å². The molecule has 0 radical (unpaired) electrons. The lowest BCUT2D eigenvalue weighted by Crippen LogP contribution is -2.44. The van der Waals surface area contributed by atoms with E-state index < -0.39 is 22.1 Å². The van der Waals surface area contributed by atoms with Crippen molar-refractivity contribution >= 4 is 17.4 Å². The Morgan fingerprint density at radius 1 is 1.21 bits per heavy atom. The minimum absolute atomic E-state index is 0.0262. The van der Waals surface area contributed by atoms with Crippen molar-refractivity contribution in [2.75, 3.05) is 5.32 Å². The molecule has 2 heterocycles. The molecule has 24 heavy (non-hydrogen) atoms. The summed E-state index contributed by atoms with van der Waals surface area (Å²) in [4.78, 5) is 47.1. The molecule has 1 N–H and O–H groups in total. The van der Waals surface area contributed by atoms with Gasteiger partial charge < -0.3 is 5.32 Å². The Labute approximate surface area is 135 Å². The fraction of sp³-hybridized carbons (Fsp3) is 0.267. The van der Waals surface area contributed by atoms with E-state index in [4.69, 9.17) is 0 Å². The Hall–Kier alpha value is -3.23. The summed E-state index contributed by atoms with van der Waals surface area (Å²) >= 11 is 0. The Kier molecular flexibility index (Phi) is 3.55. The zero-order chi connectivity index (χ0) is 17.6. The summed E-state index contributed by atoms with van der Waals surface area (Å²) in [6.45, 7) is 0. The average molecular weight is 330 g/mol. The van der Waals surface area contributed by atoms with Gasteiger partial charge in [0.2, 0.25) is 5.91 Å². The Balaban J connectivity index is 2.29. The molecule has 1 aliphatic rings. The van der Waals surface area contributed by atoms with E-state index in [0.29, 0.717) is 5.56 Å². The number of rotatable bonds is 2. The molecule has 3 rings (SSSR count). The molecule has 9 heteroatoms. The molecule has 0 saturated carbocycles. The van der Waals surface area contributed by atoms with E-state index in [1.54, 1.807) is 6.07 Å². The zero-order valence-corrected chi connectivity index (χ0v) is 13.0. The molecule has 1 amide bonds. The maximum Gasteiger partial charge on any atom is 0.332 e. The molecule has 0 unspecified atom stereocenters. The number of hydrogen-bond acceptors (Lipinski definition) is 5. The second-order valence-corrected chi connectivity index (χ2v) is 5.63. The predicted octanol–water partition coefficient (Wildman–Crippen LogP) is 0.466. The van der Waals surface area contributed by atoms with Crippen molar-refractivity contribution < 1.29 is 9.72 Å². The fourth-order valence-corrected chi connectivity index (χ4v) is 2.95. The molecule has 0 spiro atoms. The first-order chi connectivity index (χ1) is 11.3. The summed E-state index contributed by atoms with van der Waals surface area (Å²) in [7, 11) is 2.81. The number of anilines is 1. The van der Waals surface area contributed by atoms with Crippen LogP contribution in [0.1, 0.15) is 23.5 Å². The molecule has 1 atom stereocenters. The largest absolute Gasteiger partial charge is 0.332 e. The van der Waals surface area contributed by atoms with Gasteiger partial charge in [-0.25, -0.2) is 4.79 Å². The van der Waals surface area contributed by atoms with Gasteiger partial charge in [0.1, 0.15) is 5.82 Å². The average Bonchev–Trinajstić information content (AvgIpc) is 2.57. The first-order valence-electron chi connectivity index (χ1n) is 7.15. The molecule has 0 aliphatic carbocycles. The zero-order valence-electron chi connectivity index (χ0n) is 13.0. The lowest BCUT2D eigenvalue weighted by atomic mass is 9.86. The van der Waals surface area contributed by atoms with E-state index in [1.165, 1.54) is 36.9 Å². The lowest BCUT2D eigenvalue weighted by molar-refractivity contribution is -0.384. The van der Waals surface area contributed by atoms with Crippen LogP contribution in [0, 0.1) is 10.1 Å². The van der Waals surface area contributed by atoms with Crippen LogP contribution in [0.15, 0.2) is 33.9 Å². The predicted molar refractivity (Wildman–Crippen MR) is 85.1 cm³/mol. The summed E-state index contributed by atoms with van der Waals surface area (Å²) in [5.41, 5.74) is -0.472. The first-order valence-corrected chi connectivity index (χ1v) is 7.15. The van der Waals surface area contributed by atoms with E-state index in [0.717, 1.165) is 4.57 Å². The van der Waals surface area contributed by atoms with Crippen molar-refractivity contribution in [2.24, 2.45) is 14.1 Å². The highest BCUT2D eigenvalue weighted by atomic mass is 16.6. The van der Waals surface area contributed by atoms with Crippen LogP contribution in [-0.2, 0) is 18.9 Å². The van der Waals surface area contributed by atoms with Gasteiger partial charge in [0, 0.05) is 38.6 Å². The molecule has 2 aromatic rings. The topological polar surface area (TPSA) is 116 Å². The number of amides is 1. The summed E-state index contributed by atoms with van der Waals surface area (Å²) < 4.78 is 2.15. The number of hydrogen-bond donors (Lipinski definition) is 1. The van der Waals surface area contributed by atoms with Crippen molar-refractivity contribution in [1.82, 2.24) is 9.13 Å². The number of carbonyl (C=O) groups excluding carboxylic acids is 1. The lowest BCUT2D eigenvalue weighted by Gasteiger charge is -2.27. The van der Waals surface area contributed by atoms with Crippen LogP contribution in [0.25, 0.3) is 0 Å². The highest BCUT2D eigenvalue weighted by Gasteiger charge is 2.32. The van der Waals surface area contributed by atoms with Crippen molar-refractivity contribution in [3.63, 3.8) is 0 Å². The maximum atomic E-state index is 12.6. The first kappa shape index (κ1) is 15.7. The van der Waals surface area contributed by atoms with Gasteiger partial charge in [-0.15, -0.1) is 0 Å². The molecule has 0 saturated heterocycles. The highest BCUT2D eigenvalue weighted by molar-refractivity contribution is 5.94. The third-order valence-electron chi connectivity index (χ3n) is 4.18. The third kappa shape index (κ3) is 2.30. The maximum absolute atomic E-state index is 12.6. The van der Waals surface area contributed by atoms with Gasteiger partial charge >= 0.3 is 5.69 Å². The smallest absolute Gasteiger partial charge is 0.312 e. The normalized spacial score (nSPS) is 16.4. The molecular weight excluding hydrogens is 316 g/mol. The summed E-state index contributed by atoms with van der Waals surface area (Å²) in [6, 6.07) is 5.82. The van der Waals surface area contributed by atoms with Gasteiger partial charge in [-0.2, -0.15) is 0 Å². The minimum Gasteiger partial charge on any atom is -0.312 e. The Morgan fingerprint density at radius 3 is 2.58 bits per heavy atom. The number of nitro benzene ring substituents is 1. The van der Waals surface area contributed by atoms with Crippen molar-refractivity contribution in [1.29, 1.82) is 0 Å². The van der Waals surface area contributed by atoms with E-state index >= 15 is 0 Å². The number of carbonyl (C=O) groups is 1. The number of aromatic nitrogens is 2. The number of non-ortho nitro benzene ring substituents is 1. The van der Waals surface area contributed by atoms with Crippen molar-refractivity contribution in [3.05, 3.63) is 66.3 Å². The molecule has 124 valence electrons. The quantitative estimate of drug-likeness (QED) is 0.634. The van der Waals surface area contributed by atoms with E-state index in [2.05, 4.69) is 5.32 Å². The van der Waals surface area contributed by atoms with Gasteiger partial charge in [0.15, 0.2) is 0 Å². The molecular formula is C15H14N4O5. The Morgan fingerprint density at radius 2 is 1.92 bits per heavy atom. The monoisotopic (exact) mass is 330 g/mol. The van der Waals surface area contributed by atoms with Gasteiger partial charge in [0.25, 0.3) is 11.2 Å². The molecule has 0 bridgehead atoms. The number of fused-ring (bicyclic) bond motifs is 1. The molecule has 9 nitrogen and oxygen atoms in total. The van der Waals surface area contributed by atoms with E-state index in [1.807, 2.05) is 0 Å². The second-order valence-electron chi connectivity index (χ2n) is 5.63. The number of benzene rings is 1. The highest BCUT2D eigenvalue weighted by Crippen LogP contribution is 2.35. The SMILES string of the molecule is Cn1c2c(c(=O)n(C)c1=O)[C@@H](c1cccc([N+](=O)[O-])c1)CC(=O)N2. The van der Waals surface area contributed by atoms with Crippen molar-refractivity contribution in [3.8, 4) is 0 Å². The van der Waals surface area contributed by atoms with E-state index in [-0.39, 0.29) is 29.4 Å². The van der Waals surface area contributed by atoms with Gasteiger partial charge in [-0.1, -0.05) is 12.1 Å². The minimum atomic E-state index is -0.654. The molecule has 1 aromatic heterocycles. The standard InChI is InChI=1S/C15H14N4O5/c1-17-13-12(14(21)18(2)15(17)22)10(7-11(20)16-13)8-4-3-5-9(6-8)19(23)24/h3-6,10H,7H2,1-2H3,(H,16,20)/t10-/m1/s1. The number of nitrogens with zero attached hydrogens (tertiary/aromatic N) is 3. The van der Waals surface area contributed by atoms with Crippen LogP contribution in [-0.4, -0.2) is 20.0 Å². The second kappa shape index (κ2) is 5.44. The van der Waals surface area contributed by atoms with Crippen LogP contribution in [0.2, 0.25) is 0 Å². The molecule has 1 aromatic carbocycles. The van der Waals surface area contributed by atoms with Gasteiger partial charge in [0.05, 0.1) is 10.5 Å². The van der Waals surface area contributed by atoms with Gasteiger partial charge in [-0.3, -0.25) is 28.8 Å². The van der Waals surface area contributed by atoms with Crippen LogP contribution in [0.4, 0.5) is 11.5 Å². The van der Waals surface area contributed by atoms with Crippen LogP contribution in [0.5, 0.6) is 0 Å². The third-order valence-corrected chi connectivity index (χ3v) is 4.18. The van der Waals surface area contributed by atoms with Crippen LogP contribution in [0.3, 0.4) is 0 Å². The number of nitrogens with one attached hydrogen (secondary N) is 1. The summed E-state index contributed by atoms with van der Waals surface area (Å²) in [5.74, 6) is -0.878. The van der Waals surface area contributed by atoms with Crippen molar-refractivity contribution in [2.45, 2.75) is 12.3 Å².